The topological polar surface area (TPSA) is 61.8 Å². The molecule has 0 aliphatic rings. The summed E-state index contributed by atoms with van der Waals surface area (Å²) in [5, 5.41) is 0. The highest BCUT2D eigenvalue weighted by Crippen LogP contribution is 2.08. The van der Waals surface area contributed by atoms with Crippen LogP contribution in [-0.2, 0) is 23.8 Å². The summed E-state index contributed by atoms with van der Waals surface area (Å²) in [6, 6.07) is 0. The Morgan fingerprint density at radius 3 is 2.00 bits per heavy atom. The molecule has 0 aromatic carbocycles. The van der Waals surface area contributed by atoms with Crippen molar-refractivity contribution < 1.29 is 23.8 Å². The molecule has 0 aromatic heterocycles. The van der Waals surface area contributed by atoms with Crippen LogP contribution < -0.4 is 0 Å². The first-order valence-corrected chi connectivity index (χ1v) is 5.97. The van der Waals surface area contributed by atoms with E-state index in [9.17, 15) is 9.59 Å². The second kappa shape index (κ2) is 8.83. The van der Waals surface area contributed by atoms with Gasteiger partial charge in [0.1, 0.15) is 13.0 Å². The fourth-order valence-electron chi connectivity index (χ4n) is 1.11. The quantitative estimate of drug-likeness (QED) is 0.273. The normalized spacial score (nSPS) is 11.1. The molecule has 0 spiro atoms. The average Bonchev–Trinajstić information content (AvgIpc) is 2.24. The van der Waals surface area contributed by atoms with E-state index in [-0.39, 0.29) is 25.2 Å². The maximum atomic E-state index is 11.8. The number of esters is 1. The van der Waals surface area contributed by atoms with E-state index in [4.69, 9.17) is 14.2 Å². The van der Waals surface area contributed by atoms with E-state index >= 15 is 0 Å². The summed E-state index contributed by atoms with van der Waals surface area (Å²) in [6.07, 6.45) is -0.280. The molecule has 0 bridgehead atoms. The van der Waals surface area contributed by atoms with Crippen LogP contribution in [0.5, 0.6) is 0 Å². The maximum absolute atomic E-state index is 11.8. The van der Waals surface area contributed by atoms with Gasteiger partial charge >= 0.3 is 5.97 Å². The van der Waals surface area contributed by atoms with Crippen molar-refractivity contribution in [2.75, 3.05) is 6.61 Å². The van der Waals surface area contributed by atoms with Crippen molar-refractivity contribution in [1.82, 2.24) is 0 Å². The first-order chi connectivity index (χ1) is 8.36. The van der Waals surface area contributed by atoms with Gasteiger partial charge in [-0.05, 0) is 27.7 Å². The molecule has 0 aliphatic carbocycles. The Balaban J connectivity index is 4.35. The zero-order chi connectivity index (χ0) is 14.1. The molecule has 0 amide bonds. The third-order valence-electron chi connectivity index (χ3n) is 1.74. The van der Waals surface area contributed by atoms with E-state index in [2.05, 4.69) is 6.58 Å². The zero-order valence-electron chi connectivity index (χ0n) is 11.5. The number of rotatable bonds is 9. The fourth-order valence-corrected chi connectivity index (χ4v) is 1.11. The predicted octanol–water partition coefficient (Wildman–Crippen LogP) is 1.85. The van der Waals surface area contributed by atoms with E-state index in [0.717, 1.165) is 0 Å². The molecule has 5 nitrogen and oxygen atoms in total. The highest BCUT2D eigenvalue weighted by molar-refractivity contribution is 5.97. The van der Waals surface area contributed by atoms with Crippen LogP contribution >= 0.6 is 0 Å². The summed E-state index contributed by atoms with van der Waals surface area (Å²) < 4.78 is 15.4. The summed E-state index contributed by atoms with van der Waals surface area (Å²) in [5.41, 5.74) is 0. The van der Waals surface area contributed by atoms with Gasteiger partial charge in [0.2, 0.25) is 6.29 Å². The minimum absolute atomic E-state index is 0.0901. The van der Waals surface area contributed by atoms with Crippen molar-refractivity contribution in [1.29, 1.82) is 0 Å². The summed E-state index contributed by atoms with van der Waals surface area (Å²) in [5.74, 6) is -1.05. The van der Waals surface area contributed by atoms with E-state index in [1.165, 1.54) is 6.08 Å². The molecule has 0 N–H and O–H groups in total. The number of ketones is 1. The minimum atomic E-state index is -1.03. The first kappa shape index (κ1) is 16.8. The Hall–Kier alpha value is -1.20. The lowest BCUT2D eigenvalue weighted by atomic mass is 10.2. The zero-order valence-corrected chi connectivity index (χ0v) is 11.5. The maximum Gasteiger partial charge on any atom is 0.313 e. The third kappa shape index (κ3) is 7.97. The van der Waals surface area contributed by atoms with E-state index in [0.29, 0.717) is 0 Å². The van der Waals surface area contributed by atoms with Gasteiger partial charge in [0.25, 0.3) is 0 Å². The van der Waals surface area contributed by atoms with Crippen molar-refractivity contribution in [2.45, 2.75) is 52.6 Å². The van der Waals surface area contributed by atoms with Crippen LogP contribution in [0.4, 0.5) is 0 Å². The molecular formula is C13H22O5. The molecule has 18 heavy (non-hydrogen) atoms. The van der Waals surface area contributed by atoms with Gasteiger partial charge in [0.15, 0.2) is 5.78 Å². The highest BCUT2D eigenvalue weighted by atomic mass is 16.7. The second-order valence-corrected chi connectivity index (χ2v) is 4.32. The van der Waals surface area contributed by atoms with Gasteiger partial charge in [-0.2, -0.15) is 0 Å². The SMILES string of the molecule is C=CCOC(=O)CC(=O)C(OC(C)C)OC(C)C. The number of hydrogen-bond donors (Lipinski definition) is 0. The Bertz CT molecular complexity index is 273. The van der Waals surface area contributed by atoms with E-state index in [1.54, 1.807) is 27.7 Å². The number of carbonyl (C=O) groups is 2. The lowest BCUT2D eigenvalue weighted by molar-refractivity contribution is -0.191. The Morgan fingerprint density at radius 1 is 1.11 bits per heavy atom. The lowest BCUT2D eigenvalue weighted by Crippen LogP contribution is -2.34. The molecule has 0 saturated carbocycles. The molecule has 0 saturated heterocycles. The summed E-state index contributed by atoms with van der Waals surface area (Å²) >= 11 is 0. The van der Waals surface area contributed by atoms with Crippen LogP contribution in [0.25, 0.3) is 0 Å². The van der Waals surface area contributed by atoms with Gasteiger partial charge in [-0.25, -0.2) is 0 Å². The van der Waals surface area contributed by atoms with Crippen LogP contribution in [0, 0.1) is 0 Å². The summed E-state index contributed by atoms with van der Waals surface area (Å²) in [6.45, 7) is 10.7. The van der Waals surface area contributed by atoms with Gasteiger partial charge in [0.05, 0.1) is 12.2 Å². The van der Waals surface area contributed by atoms with Gasteiger partial charge in [-0.15, -0.1) is 0 Å². The predicted molar refractivity (Wildman–Crippen MR) is 67.0 cm³/mol. The van der Waals surface area contributed by atoms with Crippen molar-refractivity contribution in [2.24, 2.45) is 0 Å². The van der Waals surface area contributed by atoms with Crippen LogP contribution in [0.1, 0.15) is 34.1 Å². The minimum Gasteiger partial charge on any atom is -0.461 e. The molecule has 5 heteroatoms. The Labute approximate surface area is 108 Å². The van der Waals surface area contributed by atoms with Crippen molar-refractivity contribution in [3.8, 4) is 0 Å². The lowest BCUT2D eigenvalue weighted by Gasteiger charge is -2.21. The number of carbonyl (C=O) groups excluding carboxylic acids is 2. The number of Topliss-reactive ketones (excluding diaryl/α,β-unsaturated/α-hetero) is 1. The largest absolute Gasteiger partial charge is 0.461 e. The molecule has 0 heterocycles. The third-order valence-corrected chi connectivity index (χ3v) is 1.74. The highest BCUT2D eigenvalue weighted by Gasteiger charge is 2.25. The molecule has 0 aliphatic heterocycles. The molecule has 104 valence electrons. The Kier molecular flexibility index (Phi) is 8.24. The van der Waals surface area contributed by atoms with Crippen LogP contribution in [-0.4, -0.2) is 36.9 Å². The first-order valence-electron chi connectivity index (χ1n) is 5.97. The van der Waals surface area contributed by atoms with Crippen LogP contribution in [0.2, 0.25) is 0 Å². The molecule has 0 radical (unpaired) electrons. The smallest absolute Gasteiger partial charge is 0.313 e. The van der Waals surface area contributed by atoms with Gasteiger partial charge < -0.3 is 14.2 Å². The van der Waals surface area contributed by atoms with E-state index < -0.39 is 18.0 Å². The number of hydrogen-bond acceptors (Lipinski definition) is 5. The fraction of sp³-hybridized carbons (Fsp3) is 0.692. The molecule has 0 atom stereocenters. The van der Waals surface area contributed by atoms with E-state index in [1.807, 2.05) is 0 Å². The van der Waals surface area contributed by atoms with Crippen LogP contribution in [0.3, 0.4) is 0 Å². The van der Waals surface area contributed by atoms with Crippen LogP contribution in [0.15, 0.2) is 12.7 Å². The van der Waals surface area contributed by atoms with Crippen molar-refractivity contribution in [3.05, 3.63) is 12.7 Å². The summed E-state index contributed by atoms with van der Waals surface area (Å²) in [7, 11) is 0. The molecule has 0 fully saturated rings. The molecular weight excluding hydrogens is 236 g/mol. The average molecular weight is 258 g/mol. The molecule has 0 unspecified atom stereocenters. The Morgan fingerprint density at radius 2 is 1.61 bits per heavy atom. The molecule has 0 aromatic rings. The van der Waals surface area contributed by atoms with Gasteiger partial charge in [0, 0.05) is 0 Å². The molecule has 0 rings (SSSR count). The summed E-state index contributed by atoms with van der Waals surface area (Å²) in [4.78, 5) is 23.1. The van der Waals surface area contributed by atoms with Gasteiger partial charge in [-0.1, -0.05) is 12.7 Å². The second-order valence-electron chi connectivity index (χ2n) is 4.32. The number of ether oxygens (including phenoxy) is 3. The monoisotopic (exact) mass is 258 g/mol. The van der Waals surface area contributed by atoms with Gasteiger partial charge in [-0.3, -0.25) is 9.59 Å². The van der Waals surface area contributed by atoms with Crippen molar-refractivity contribution in [3.63, 3.8) is 0 Å². The van der Waals surface area contributed by atoms with Crippen molar-refractivity contribution >= 4 is 11.8 Å². The standard InChI is InChI=1S/C13H22O5/c1-6-7-16-12(15)8-11(14)13(17-9(2)3)18-10(4)5/h6,9-10,13H,1,7-8H2,2-5H3.